The number of pyridine rings is 1. The van der Waals surface area contributed by atoms with Gasteiger partial charge in [-0.3, -0.25) is 0 Å². The van der Waals surface area contributed by atoms with Gasteiger partial charge in [-0.2, -0.15) is 0 Å². The SMILES string of the molecule is CC1=C(/C=C(\C)Nc2ncccc2N(I)C(C)C)OCO1. The van der Waals surface area contributed by atoms with Gasteiger partial charge in [-0.05, 0) is 39.8 Å². The first kappa shape index (κ1) is 15.9. The van der Waals surface area contributed by atoms with E-state index in [2.05, 4.69) is 56.2 Å². The fourth-order valence-corrected chi connectivity index (χ4v) is 2.25. The van der Waals surface area contributed by atoms with Crippen LogP contribution in [0.25, 0.3) is 0 Å². The van der Waals surface area contributed by atoms with Crippen molar-refractivity contribution in [3.05, 3.63) is 41.6 Å². The summed E-state index contributed by atoms with van der Waals surface area (Å²) in [5.41, 5.74) is 2.00. The summed E-state index contributed by atoms with van der Waals surface area (Å²) in [6, 6.07) is 4.37. The lowest BCUT2D eigenvalue weighted by Crippen LogP contribution is -2.20. The lowest BCUT2D eigenvalue weighted by molar-refractivity contribution is 0.0749. The van der Waals surface area contributed by atoms with Crippen molar-refractivity contribution in [2.45, 2.75) is 33.7 Å². The van der Waals surface area contributed by atoms with Crippen LogP contribution in [-0.4, -0.2) is 17.8 Å². The van der Waals surface area contributed by atoms with Crippen molar-refractivity contribution in [3.63, 3.8) is 0 Å². The topological polar surface area (TPSA) is 46.6 Å². The van der Waals surface area contributed by atoms with Gasteiger partial charge in [-0.15, -0.1) is 0 Å². The highest BCUT2D eigenvalue weighted by atomic mass is 127. The van der Waals surface area contributed by atoms with Gasteiger partial charge in [0, 0.05) is 24.0 Å². The van der Waals surface area contributed by atoms with Crippen molar-refractivity contribution >= 4 is 34.4 Å². The van der Waals surface area contributed by atoms with Crippen molar-refractivity contribution in [1.82, 2.24) is 4.98 Å². The summed E-state index contributed by atoms with van der Waals surface area (Å²) >= 11 is 2.30. The molecule has 1 aromatic heterocycles. The number of ether oxygens (including phenoxy) is 2. The molecule has 2 rings (SSSR count). The minimum atomic E-state index is 0.286. The number of anilines is 2. The molecule has 0 unspecified atom stereocenters. The van der Waals surface area contributed by atoms with Crippen LogP contribution in [0.1, 0.15) is 27.7 Å². The summed E-state index contributed by atoms with van der Waals surface area (Å²) in [5.74, 6) is 2.38. The van der Waals surface area contributed by atoms with Gasteiger partial charge in [0.2, 0.25) is 6.79 Å². The Morgan fingerprint density at radius 3 is 2.86 bits per heavy atom. The molecule has 0 fully saturated rings. The molecule has 0 bridgehead atoms. The van der Waals surface area contributed by atoms with E-state index in [0.29, 0.717) is 6.04 Å². The molecule has 114 valence electrons. The standard InChI is InChI=1S/C15H20IN3O2/c1-10(2)19(16)13-6-5-7-17-15(13)18-11(3)8-14-12(4)20-9-21-14/h5-8,10H,9H2,1-4H3,(H,17,18)/b11-8+. The Hall–Kier alpha value is -1.44. The van der Waals surface area contributed by atoms with Gasteiger partial charge in [-0.25, -0.2) is 4.98 Å². The van der Waals surface area contributed by atoms with Crippen LogP contribution in [0.3, 0.4) is 0 Å². The van der Waals surface area contributed by atoms with E-state index < -0.39 is 0 Å². The van der Waals surface area contributed by atoms with Crippen LogP contribution in [0.2, 0.25) is 0 Å². The maximum absolute atomic E-state index is 5.40. The molecule has 0 aliphatic carbocycles. The lowest BCUT2D eigenvalue weighted by Gasteiger charge is -2.23. The van der Waals surface area contributed by atoms with Crippen molar-refractivity contribution < 1.29 is 9.47 Å². The molecule has 0 aromatic carbocycles. The summed E-state index contributed by atoms with van der Waals surface area (Å²) in [5, 5.41) is 3.33. The Balaban J connectivity index is 2.20. The Labute approximate surface area is 139 Å². The van der Waals surface area contributed by atoms with Gasteiger partial charge in [-0.1, -0.05) is 0 Å². The Morgan fingerprint density at radius 1 is 1.48 bits per heavy atom. The van der Waals surface area contributed by atoms with E-state index in [9.17, 15) is 0 Å². The maximum atomic E-state index is 5.40. The van der Waals surface area contributed by atoms with Gasteiger partial charge in [0.25, 0.3) is 0 Å². The average Bonchev–Trinajstić information content (AvgIpc) is 2.84. The Kier molecular flexibility index (Phi) is 5.33. The maximum Gasteiger partial charge on any atom is 0.230 e. The third-order valence-electron chi connectivity index (χ3n) is 2.97. The molecule has 5 nitrogen and oxygen atoms in total. The van der Waals surface area contributed by atoms with Gasteiger partial charge in [0.1, 0.15) is 5.76 Å². The van der Waals surface area contributed by atoms with E-state index in [0.717, 1.165) is 28.7 Å². The molecule has 1 N–H and O–H groups in total. The molecular formula is C15H20IN3O2. The monoisotopic (exact) mass is 401 g/mol. The fraction of sp³-hybridized carbons (Fsp3) is 0.400. The van der Waals surface area contributed by atoms with E-state index in [-0.39, 0.29) is 6.79 Å². The number of allylic oxidation sites excluding steroid dienone is 3. The summed E-state index contributed by atoms with van der Waals surface area (Å²) in [4.78, 5) is 4.43. The van der Waals surface area contributed by atoms with E-state index >= 15 is 0 Å². The molecule has 2 heterocycles. The van der Waals surface area contributed by atoms with E-state index in [1.165, 1.54) is 0 Å². The Bertz CT molecular complexity index is 570. The number of nitrogens with zero attached hydrogens (tertiary/aromatic N) is 2. The fourth-order valence-electron chi connectivity index (χ4n) is 1.86. The van der Waals surface area contributed by atoms with Crippen molar-refractivity contribution in [2.75, 3.05) is 15.2 Å². The summed E-state index contributed by atoms with van der Waals surface area (Å²) in [6.07, 6.45) is 3.71. The van der Waals surface area contributed by atoms with Crippen molar-refractivity contribution in [3.8, 4) is 0 Å². The summed E-state index contributed by atoms with van der Waals surface area (Å²) in [7, 11) is 0. The van der Waals surface area contributed by atoms with Gasteiger partial charge in [0.15, 0.2) is 11.6 Å². The summed E-state index contributed by atoms with van der Waals surface area (Å²) in [6.45, 7) is 8.44. The molecule has 0 amide bonds. The number of nitrogens with one attached hydrogen (secondary N) is 1. The highest BCUT2D eigenvalue weighted by molar-refractivity contribution is 14.1. The molecule has 0 radical (unpaired) electrons. The molecule has 0 atom stereocenters. The van der Waals surface area contributed by atoms with Crippen molar-refractivity contribution in [2.24, 2.45) is 0 Å². The molecule has 0 spiro atoms. The molecule has 0 saturated heterocycles. The van der Waals surface area contributed by atoms with E-state index in [1.54, 1.807) is 6.20 Å². The van der Waals surface area contributed by atoms with Crippen LogP contribution in [0.15, 0.2) is 41.6 Å². The second-order valence-electron chi connectivity index (χ2n) is 5.06. The summed E-state index contributed by atoms with van der Waals surface area (Å²) < 4.78 is 12.8. The highest BCUT2D eigenvalue weighted by Gasteiger charge is 2.14. The highest BCUT2D eigenvalue weighted by Crippen LogP contribution is 2.29. The molecule has 6 heteroatoms. The number of hydrogen-bond donors (Lipinski definition) is 1. The number of halogens is 1. The third-order valence-corrected chi connectivity index (χ3v) is 4.60. The number of rotatable bonds is 5. The third kappa shape index (κ3) is 4.03. The molecule has 21 heavy (non-hydrogen) atoms. The van der Waals surface area contributed by atoms with Gasteiger partial charge < -0.3 is 17.9 Å². The Morgan fingerprint density at radius 2 is 2.24 bits per heavy atom. The first-order chi connectivity index (χ1) is 9.99. The molecular weight excluding hydrogens is 381 g/mol. The molecule has 1 aliphatic heterocycles. The minimum Gasteiger partial charge on any atom is -0.458 e. The first-order valence-corrected chi connectivity index (χ1v) is 7.77. The smallest absolute Gasteiger partial charge is 0.230 e. The van der Waals surface area contributed by atoms with E-state index in [4.69, 9.17) is 9.47 Å². The van der Waals surface area contributed by atoms with Crippen molar-refractivity contribution in [1.29, 1.82) is 0 Å². The second-order valence-corrected chi connectivity index (χ2v) is 6.09. The van der Waals surface area contributed by atoms with E-state index in [1.807, 2.05) is 26.0 Å². The quantitative estimate of drug-likeness (QED) is 0.592. The number of hydrogen-bond acceptors (Lipinski definition) is 5. The van der Waals surface area contributed by atoms with Crippen LogP contribution in [0, 0.1) is 0 Å². The predicted molar refractivity (Wildman–Crippen MR) is 93.0 cm³/mol. The van der Waals surface area contributed by atoms with Crippen LogP contribution >= 0.6 is 22.9 Å². The minimum absolute atomic E-state index is 0.286. The second kappa shape index (κ2) is 7.02. The lowest BCUT2D eigenvalue weighted by atomic mass is 10.3. The van der Waals surface area contributed by atoms with Crippen LogP contribution in [-0.2, 0) is 9.47 Å². The van der Waals surface area contributed by atoms with Crippen LogP contribution in [0.5, 0.6) is 0 Å². The molecule has 0 saturated carbocycles. The van der Waals surface area contributed by atoms with Gasteiger partial charge in [0.05, 0.1) is 28.6 Å². The average molecular weight is 401 g/mol. The molecule has 1 aromatic rings. The normalized spacial score (nSPS) is 15.0. The zero-order valence-corrected chi connectivity index (χ0v) is 14.8. The van der Waals surface area contributed by atoms with Crippen LogP contribution < -0.4 is 8.43 Å². The zero-order chi connectivity index (χ0) is 15.4. The largest absolute Gasteiger partial charge is 0.458 e. The van der Waals surface area contributed by atoms with Crippen LogP contribution in [0.4, 0.5) is 11.5 Å². The molecule has 1 aliphatic rings. The van der Waals surface area contributed by atoms with Gasteiger partial charge >= 0.3 is 0 Å². The zero-order valence-electron chi connectivity index (χ0n) is 12.7. The number of aromatic nitrogens is 1. The predicted octanol–water partition coefficient (Wildman–Crippen LogP) is 4.20. The first-order valence-electron chi connectivity index (χ1n) is 6.81.